The lowest BCUT2D eigenvalue weighted by Crippen LogP contribution is -2.39. The van der Waals surface area contributed by atoms with E-state index >= 15 is 0 Å². The number of hydrogen-bond acceptors (Lipinski definition) is 3. The van der Waals surface area contributed by atoms with Crippen molar-refractivity contribution in [3.63, 3.8) is 0 Å². The van der Waals surface area contributed by atoms with Gasteiger partial charge in [-0.2, -0.15) is 0 Å². The molecule has 0 saturated carbocycles. The van der Waals surface area contributed by atoms with E-state index in [9.17, 15) is 4.79 Å². The van der Waals surface area contributed by atoms with Gasteiger partial charge in [0.15, 0.2) is 0 Å². The van der Waals surface area contributed by atoms with E-state index in [4.69, 9.17) is 0 Å². The molecule has 2 rings (SSSR count). The Morgan fingerprint density at radius 1 is 1.33 bits per heavy atom. The van der Waals surface area contributed by atoms with Crippen LogP contribution in [0.25, 0.3) is 0 Å². The van der Waals surface area contributed by atoms with Crippen LogP contribution in [0.4, 0.5) is 5.82 Å². The van der Waals surface area contributed by atoms with Crippen molar-refractivity contribution in [1.82, 2.24) is 9.88 Å². The highest BCUT2D eigenvalue weighted by molar-refractivity contribution is 5.95. The van der Waals surface area contributed by atoms with Gasteiger partial charge in [0, 0.05) is 30.9 Å². The lowest BCUT2D eigenvalue weighted by Gasteiger charge is -2.29. The number of pyridine rings is 1. The molecule has 21 heavy (non-hydrogen) atoms. The van der Waals surface area contributed by atoms with Gasteiger partial charge in [0.05, 0.1) is 0 Å². The van der Waals surface area contributed by atoms with Crippen molar-refractivity contribution >= 4 is 11.7 Å². The van der Waals surface area contributed by atoms with Gasteiger partial charge < -0.3 is 10.2 Å². The van der Waals surface area contributed by atoms with E-state index in [1.807, 2.05) is 19.2 Å². The van der Waals surface area contributed by atoms with Crippen LogP contribution in [0.3, 0.4) is 0 Å². The molecule has 1 aliphatic heterocycles. The molecule has 0 spiro atoms. The molecule has 1 amide bonds. The van der Waals surface area contributed by atoms with Crippen molar-refractivity contribution in [3.05, 3.63) is 23.4 Å². The maximum Gasteiger partial charge on any atom is 0.254 e. The van der Waals surface area contributed by atoms with E-state index in [0.717, 1.165) is 49.3 Å². The zero-order chi connectivity index (χ0) is 15.2. The minimum absolute atomic E-state index is 0.164. The van der Waals surface area contributed by atoms with Crippen LogP contribution in [0.15, 0.2) is 12.1 Å². The van der Waals surface area contributed by atoms with Crippen molar-refractivity contribution < 1.29 is 4.79 Å². The fourth-order valence-corrected chi connectivity index (χ4v) is 3.06. The Bertz CT molecular complexity index is 465. The molecule has 4 nitrogen and oxygen atoms in total. The van der Waals surface area contributed by atoms with E-state index in [0.29, 0.717) is 6.04 Å². The van der Waals surface area contributed by atoms with Crippen LogP contribution >= 0.6 is 0 Å². The van der Waals surface area contributed by atoms with Gasteiger partial charge in [-0.05, 0) is 37.8 Å². The third-order valence-corrected chi connectivity index (χ3v) is 4.35. The van der Waals surface area contributed by atoms with Gasteiger partial charge in [0.1, 0.15) is 5.82 Å². The van der Waals surface area contributed by atoms with Crippen LogP contribution < -0.4 is 5.32 Å². The molecule has 1 aliphatic rings. The fraction of sp³-hybridized carbons (Fsp3) is 0.647. The molecule has 0 radical (unpaired) electrons. The molecule has 1 atom stereocenters. The van der Waals surface area contributed by atoms with Crippen molar-refractivity contribution in [2.75, 3.05) is 18.9 Å². The molecule has 1 fully saturated rings. The third-order valence-electron chi connectivity index (χ3n) is 4.35. The maximum atomic E-state index is 12.9. The summed E-state index contributed by atoms with van der Waals surface area (Å²) in [6.45, 7) is 5.13. The van der Waals surface area contributed by atoms with Crippen LogP contribution in [0.1, 0.15) is 62.0 Å². The van der Waals surface area contributed by atoms with Gasteiger partial charge in [-0.3, -0.25) is 4.79 Å². The number of amides is 1. The van der Waals surface area contributed by atoms with Crippen LogP contribution in [0.2, 0.25) is 0 Å². The summed E-state index contributed by atoms with van der Waals surface area (Å²) in [6.07, 6.45) is 6.60. The molecular formula is C17H27N3O. The van der Waals surface area contributed by atoms with Crippen molar-refractivity contribution in [3.8, 4) is 0 Å². The molecule has 2 heterocycles. The Kier molecular flexibility index (Phi) is 5.59. The Morgan fingerprint density at radius 2 is 2.14 bits per heavy atom. The van der Waals surface area contributed by atoms with Gasteiger partial charge in [0.25, 0.3) is 5.91 Å². The lowest BCUT2D eigenvalue weighted by atomic mass is 10.1. The smallest absolute Gasteiger partial charge is 0.254 e. The molecule has 0 aromatic carbocycles. The first-order chi connectivity index (χ1) is 10.2. The van der Waals surface area contributed by atoms with E-state index in [1.54, 1.807) is 0 Å². The predicted octanol–water partition coefficient (Wildman–Crippen LogP) is 3.48. The molecular weight excluding hydrogens is 262 g/mol. The van der Waals surface area contributed by atoms with Crippen molar-refractivity contribution in [2.45, 2.75) is 58.4 Å². The molecule has 4 heteroatoms. The van der Waals surface area contributed by atoms with Crippen LogP contribution in [-0.2, 0) is 6.42 Å². The number of carbonyl (C=O) groups excluding carboxylic acids is 1. The third kappa shape index (κ3) is 3.74. The summed E-state index contributed by atoms with van der Waals surface area (Å²) in [6, 6.07) is 4.20. The Balaban J connectivity index is 2.28. The first kappa shape index (κ1) is 15.8. The topological polar surface area (TPSA) is 45.2 Å². The molecule has 1 aromatic rings. The summed E-state index contributed by atoms with van der Waals surface area (Å²) >= 11 is 0. The summed E-state index contributed by atoms with van der Waals surface area (Å²) in [7, 11) is 1.84. The molecule has 1 N–H and O–H groups in total. The summed E-state index contributed by atoms with van der Waals surface area (Å²) < 4.78 is 0. The standard InChI is InChI=1S/C17H27N3O/c1-4-14-11-13(12-16(18-3)19-14)17(21)20-10-8-6-7-9-15(20)5-2/h11-12,15H,4-10H2,1-3H3,(H,18,19). The number of rotatable bonds is 4. The van der Waals surface area contributed by atoms with Crippen LogP contribution in [-0.4, -0.2) is 35.4 Å². The van der Waals surface area contributed by atoms with Gasteiger partial charge in [-0.1, -0.05) is 26.7 Å². The summed E-state index contributed by atoms with van der Waals surface area (Å²) in [5.41, 5.74) is 1.74. The average Bonchev–Trinajstić information content (AvgIpc) is 2.78. The van der Waals surface area contributed by atoms with Gasteiger partial charge >= 0.3 is 0 Å². The molecule has 0 bridgehead atoms. The number of anilines is 1. The van der Waals surface area contributed by atoms with Crippen molar-refractivity contribution in [2.24, 2.45) is 0 Å². The SMILES string of the molecule is CCc1cc(C(=O)N2CCCCCC2CC)cc(NC)n1. The zero-order valence-corrected chi connectivity index (χ0v) is 13.5. The van der Waals surface area contributed by atoms with Gasteiger partial charge in [0.2, 0.25) is 0 Å². The quantitative estimate of drug-likeness (QED) is 0.923. The number of nitrogens with one attached hydrogen (secondary N) is 1. The summed E-state index contributed by atoms with van der Waals surface area (Å²) in [5, 5.41) is 3.06. The number of hydrogen-bond donors (Lipinski definition) is 1. The van der Waals surface area contributed by atoms with Crippen LogP contribution in [0, 0.1) is 0 Å². The average molecular weight is 289 g/mol. The lowest BCUT2D eigenvalue weighted by molar-refractivity contribution is 0.0678. The molecule has 1 aromatic heterocycles. The molecule has 0 aliphatic carbocycles. The molecule has 1 unspecified atom stereocenters. The summed E-state index contributed by atoms with van der Waals surface area (Å²) in [5.74, 6) is 0.943. The maximum absolute atomic E-state index is 12.9. The van der Waals surface area contributed by atoms with E-state index in [1.165, 1.54) is 12.8 Å². The minimum atomic E-state index is 0.164. The van der Waals surface area contributed by atoms with E-state index in [2.05, 4.69) is 29.0 Å². The Hall–Kier alpha value is -1.58. The predicted molar refractivity (Wildman–Crippen MR) is 86.7 cm³/mol. The largest absolute Gasteiger partial charge is 0.373 e. The highest BCUT2D eigenvalue weighted by atomic mass is 16.2. The van der Waals surface area contributed by atoms with Gasteiger partial charge in [-0.25, -0.2) is 4.98 Å². The fourth-order valence-electron chi connectivity index (χ4n) is 3.06. The monoisotopic (exact) mass is 289 g/mol. The second kappa shape index (κ2) is 7.43. The number of aryl methyl sites for hydroxylation is 1. The highest BCUT2D eigenvalue weighted by Crippen LogP contribution is 2.22. The van der Waals surface area contributed by atoms with Gasteiger partial charge in [-0.15, -0.1) is 0 Å². The highest BCUT2D eigenvalue weighted by Gasteiger charge is 2.25. The second-order valence-electron chi connectivity index (χ2n) is 5.75. The number of likely N-dealkylation sites (tertiary alicyclic amines) is 1. The number of aromatic nitrogens is 1. The zero-order valence-electron chi connectivity index (χ0n) is 13.5. The van der Waals surface area contributed by atoms with E-state index < -0.39 is 0 Å². The second-order valence-corrected chi connectivity index (χ2v) is 5.75. The van der Waals surface area contributed by atoms with E-state index in [-0.39, 0.29) is 5.91 Å². The normalized spacial score (nSPS) is 19.2. The number of carbonyl (C=O) groups is 1. The minimum Gasteiger partial charge on any atom is -0.373 e. The Labute approximate surface area is 127 Å². The first-order valence-electron chi connectivity index (χ1n) is 8.19. The molecule has 116 valence electrons. The molecule has 1 saturated heterocycles. The first-order valence-corrected chi connectivity index (χ1v) is 8.19. The Morgan fingerprint density at radius 3 is 2.81 bits per heavy atom. The van der Waals surface area contributed by atoms with Crippen molar-refractivity contribution in [1.29, 1.82) is 0 Å². The van der Waals surface area contributed by atoms with Crippen LogP contribution in [0.5, 0.6) is 0 Å². The number of nitrogens with zero attached hydrogens (tertiary/aromatic N) is 2. The summed E-state index contributed by atoms with van der Waals surface area (Å²) in [4.78, 5) is 19.5.